The van der Waals surface area contributed by atoms with Crippen LogP contribution in [-0.2, 0) is 14.9 Å². The molecular formula is C20H28BrNO2. The molecule has 2 aliphatic rings. The average molecular weight is 394 g/mol. The van der Waals surface area contributed by atoms with Gasteiger partial charge in [-0.1, -0.05) is 40.9 Å². The third kappa shape index (κ3) is 3.70. The van der Waals surface area contributed by atoms with Crippen LogP contribution in [0.5, 0.6) is 0 Å². The Hall–Kier alpha value is -0.870. The SMILES string of the molecule is CN1CCC(OC(=O)C(C)(c2ccc(Br)cc2)C2CCCC2)CC1. The van der Waals surface area contributed by atoms with Crippen LogP contribution in [0.4, 0.5) is 0 Å². The molecule has 24 heavy (non-hydrogen) atoms. The fourth-order valence-electron chi connectivity index (χ4n) is 4.20. The number of likely N-dealkylation sites (tertiary alicyclic amines) is 1. The standard InChI is InChI=1S/C20H28BrNO2/c1-20(15-5-3-4-6-15,16-7-9-17(21)10-8-16)19(23)24-18-11-13-22(2)14-12-18/h7-10,15,18H,3-6,11-14H2,1-2H3. The third-order valence-corrected chi connectivity index (χ3v) is 6.51. The minimum absolute atomic E-state index is 0.0220. The van der Waals surface area contributed by atoms with Gasteiger partial charge in [0.1, 0.15) is 6.10 Å². The van der Waals surface area contributed by atoms with Gasteiger partial charge in [0.25, 0.3) is 0 Å². The van der Waals surface area contributed by atoms with Gasteiger partial charge in [0.2, 0.25) is 0 Å². The monoisotopic (exact) mass is 393 g/mol. The summed E-state index contributed by atoms with van der Waals surface area (Å²) in [6.07, 6.45) is 6.65. The van der Waals surface area contributed by atoms with Gasteiger partial charge < -0.3 is 9.64 Å². The van der Waals surface area contributed by atoms with Gasteiger partial charge in [-0.2, -0.15) is 0 Å². The molecule has 1 heterocycles. The molecule has 2 fully saturated rings. The van der Waals surface area contributed by atoms with Crippen LogP contribution in [0, 0.1) is 5.92 Å². The molecule has 1 aromatic carbocycles. The number of nitrogens with zero attached hydrogens (tertiary/aromatic N) is 1. The first-order chi connectivity index (χ1) is 11.5. The van der Waals surface area contributed by atoms with E-state index in [9.17, 15) is 4.79 Å². The van der Waals surface area contributed by atoms with E-state index in [0.717, 1.165) is 48.8 Å². The predicted molar refractivity (Wildman–Crippen MR) is 100 cm³/mol. The molecule has 132 valence electrons. The maximum atomic E-state index is 13.2. The van der Waals surface area contributed by atoms with E-state index in [1.54, 1.807) is 0 Å². The molecule has 0 bridgehead atoms. The van der Waals surface area contributed by atoms with Gasteiger partial charge >= 0.3 is 5.97 Å². The Morgan fingerprint density at radius 2 is 1.71 bits per heavy atom. The largest absolute Gasteiger partial charge is 0.462 e. The highest BCUT2D eigenvalue weighted by Gasteiger charge is 2.46. The fraction of sp³-hybridized carbons (Fsp3) is 0.650. The van der Waals surface area contributed by atoms with Crippen LogP contribution >= 0.6 is 15.9 Å². The molecule has 1 aromatic rings. The lowest BCUT2D eigenvalue weighted by molar-refractivity contribution is -0.160. The molecule has 0 radical (unpaired) electrons. The number of piperidine rings is 1. The normalized spacial score (nSPS) is 23.1. The lowest BCUT2D eigenvalue weighted by atomic mass is 9.71. The van der Waals surface area contributed by atoms with Crippen molar-refractivity contribution in [1.82, 2.24) is 4.90 Å². The summed E-state index contributed by atoms with van der Waals surface area (Å²) < 4.78 is 7.07. The summed E-state index contributed by atoms with van der Waals surface area (Å²) in [5, 5.41) is 0. The number of ether oxygens (including phenoxy) is 1. The molecule has 0 amide bonds. The van der Waals surface area contributed by atoms with Crippen molar-refractivity contribution in [3.8, 4) is 0 Å². The number of esters is 1. The lowest BCUT2D eigenvalue weighted by Gasteiger charge is -2.37. The second kappa shape index (κ2) is 7.57. The molecule has 1 saturated heterocycles. The van der Waals surface area contributed by atoms with Crippen molar-refractivity contribution >= 4 is 21.9 Å². The van der Waals surface area contributed by atoms with Gasteiger partial charge in [-0.15, -0.1) is 0 Å². The zero-order valence-corrected chi connectivity index (χ0v) is 16.3. The van der Waals surface area contributed by atoms with Gasteiger partial charge in [-0.05, 0) is 63.3 Å². The molecule has 1 saturated carbocycles. The second-order valence-corrected chi connectivity index (χ2v) is 8.51. The van der Waals surface area contributed by atoms with Crippen molar-refractivity contribution in [3.63, 3.8) is 0 Å². The summed E-state index contributed by atoms with van der Waals surface area (Å²) in [6, 6.07) is 8.23. The summed E-state index contributed by atoms with van der Waals surface area (Å²) in [6.45, 7) is 4.12. The molecule has 1 aliphatic heterocycles. The van der Waals surface area contributed by atoms with Crippen molar-refractivity contribution in [1.29, 1.82) is 0 Å². The molecular weight excluding hydrogens is 366 g/mol. The van der Waals surface area contributed by atoms with E-state index < -0.39 is 5.41 Å². The minimum atomic E-state index is -0.527. The zero-order valence-electron chi connectivity index (χ0n) is 14.8. The predicted octanol–water partition coefficient (Wildman–Crippen LogP) is 4.53. The first-order valence-electron chi connectivity index (χ1n) is 9.16. The van der Waals surface area contributed by atoms with Crippen LogP contribution in [0.3, 0.4) is 0 Å². The van der Waals surface area contributed by atoms with E-state index in [-0.39, 0.29) is 12.1 Å². The van der Waals surface area contributed by atoms with Crippen molar-refractivity contribution in [3.05, 3.63) is 34.3 Å². The summed E-state index contributed by atoms with van der Waals surface area (Å²) in [5.74, 6) is 0.365. The number of hydrogen-bond acceptors (Lipinski definition) is 3. The molecule has 3 rings (SSSR count). The van der Waals surface area contributed by atoms with E-state index >= 15 is 0 Å². The molecule has 0 spiro atoms. The van der Waals surface area contributed by atoms with Crippen LogP contribution in [-0.4, -0.2) is 37.1 Å². The van der Waals surface area contributed by atoms with E-state index in [4.69, 9.17) is 4.74 Å². The maximum Gasteiger partial charge on any atom is 0.316 e. The van der Waals surface area contributed by atoms with Gasteiger partial charge in [-0.25, -0.2) is 0 Å². The maximum absolute atomic E-state index is 13.2. The summed E-state index contributed by atoms with van der Waals surface area (Å²) in [5.41, 5.74) is 0.566. The Morgan fingerprint density at radius 1 is 1.12 bits per heavy atom. The first-order valence-corrected chi connectivity index (χ1v) is 9.95. The van der Waals surface area contributed by atoms with Crippen LogP contribution in [0.1, 0.15) is 51.0 Å². The molecule has 0 N–H and O–H groups in total. The zero-order chi connectivity index (χ0) is 17.2. The molecule has 1 unspecified atom stereocenters. The highest BCUT2D eigenvalue weighted by atomic mass is 79.9. The average Bonchev–Trinajstić information content (AvgIpc) is 3.12. The lowest BCUT2D eigenvalue weighted by Crippen LogP contribution is -2.44. The minimum Gasteiger partial charge on any atom is -0.462 e. The number of rotatable bonds is 4. The Morgan fingerprint density at radius 3 is 2.29 bits per heavy atom. The van der Waals surface area contributed by atoms with Crippen LogP contribution < -0.4 is 0 Å². The van der Waals surface area contributed by atoms with Gasteiger partial charge in [0.05, 0.1) is 5.41 Å². The highest BCUT2D eigenvalue weighted by Crippen LogP contribution is 2.43. The van der Waals surface area contributed by atoms with E-state index in [1.807, 2.05) is 12.1 Å². The van der Waals surface area contributed by atoms with Crippen LogP contribution in [0.2, 0.25) is 0 Å². The van der Waals surface area contributed by atoms with Gasteiger partial charge in [0, 0.05) is 17.6 Å². The Bertz CT molecular complexity index is 560. The summed E-state index contributed by atoms with van der Waals surface area (Å²) >= 11 is 3.50. The fourth-order valence-corrected chi connectivity index (χ4v) is 4.46. The van der Waals surface area contributed by atoms with Gasteiger partial charge in [0.15, 0.2) is 0 Å². The van der Waals surface area contributed by atoms with Crippen molar-refractivity contribution in [2.24, 2.45) is 5.92 Å². The Kier molecular flexibility index (Phi) is 5.66. The van der Waals surface area contributed by atoms with Crippen molar-refractivity contribution in [2.75, 3.05) is 20.1 Å². The second-order valence-electron chi connectivity index (χ2n) is 7.60. The van der Waals surface area contributed by atoms with E-state index in [2.05, 4.69) is 46.9 Å². The Balaban J connectivity index is 1.81. The summed E-state index contributed by atoms with van der Waals surface area (Å²) in [4.78, 5) is 15.5. The summed E-state index contributed by atoms with van der Waals surface area (Å²) in [7, 11) is 2.13. The molecule has 0 aromatic heterocycles. The van der Waals surface area contributed by atoms with Crippen LogP contribution in [0.25, 0.3) is 0 Å². The van der Waals surface area contributed by atoms with Crippen molar-refractivity contribution < 1.29 is 9.53 Å². The number of halogens is 1. The van der Waals surface area contributed by atoms with E-state index in [0.29, 0.717) is 5.92 Å². The number of benzene rings is 1. The molecule has 1 aliphatic carbocycles. The molecule has 4 heteroatoms. The quantitative estimate of drug-likeness (QED) is 0.703. The number of carbonyl (C=O) groups is 1. The van der Waals surface area contributed by atoms with E-state index in [1.165, 1.54) is 12.8 Å². The Labute approximate surface area is 153 Å². The number of hydrogen-bond donors (Lipinski definition) is 0. The molecule has 3 nitrogen and oxygen atoms in total. The topological polar surface area (TPSA) is 29.5 Å². The number of carbonyl (C=O) groups excluding carboxylic acids is 1. The first kappa shape index (κ1) is 17.9. The third-order valence-electron chi connectivity index (χ3n) is 5.98. The highest BCUT2D eigenvalue weighted by molar-refractivity contribution is 9.10. The van der Waals surface area contributed by atoms with Crippen LogP contribution in [0.15, 0.2) is 28.7 Å². The smallest absolute Gasteiger partial charge is 0.316 e. The molecule has 1 atom stereocenters. The van der Waals surface area contributed by atoms with Crippen molar-refractivity contribution in [2.45, 2.75) is 57.0 Å². The van der Waals surface area contributed by atoms with Gasteiger partial charge in [-0.3, -0.25) is 4.79 Å².